The van der Waals surface area contributed by atoms with Gasteiger partial charge in [0.25, 0.3) is 5.91 Å². The maximum Gasteiger partial charge on any atom is 0.114 e. The van der Waals surface area contributed by atoms with Gasteiger partial charge in [-0.05, 0) is 12.1 Å². The second-order valence-corrected chi connectivity index (χ2v) is 13.9. The second kappa shape index (κ2) is 15.3. The first-order valence-electron chi connectivity index (χ1n) is 12.4. The molecule has 15 heteroatoms. The molecular weight excluding hydrogens is 761 g/mol. The molecule has 1 fully saturated rings. The van der Waals surface area contributed by atoms with E-state index >= 15 is 0 Å². The monoisotopic (exact) mass is 793 g/mol. The minimum Gasteiger partial charge on any atom is -1.00 e. The molecule has 2 aromatic rings. The summed E-state index contributed by atoms with van der Waals surface area (Å²) in [5.41, 5.74) is -2.10. The first kappa shape index (κ1) is 34.2. The van der Waals surface area contributed by atoms with E-state index in [0.29, 0.717) is 65.0 Å². The fourth-order valence-electron chi connectivity index (χ4n) is 4.21. The molecule has 0 spiro atoms. The molecular formula is C25H32F3I2N5O5. The van der Waals surface area contributed by atoms with Gasteiger partial charge < -0.3 is 28.9 Å². The molecule has 0 radical (unpaired) electrons. The average molecular weight is 793 g/mol. The van der Waals surface area contributed by atoms with Crippen LogP contribution in [0.2, 0.25) is 0 Å². The molecule has 1 aliphatic heterocycles. The van der Waals surface area contributed by atoms with Crippen molar-refractivity contribution in [1.29, 1.82) is 5.26 Å². The first-order valence-corrected chi connectivity index (χ1v) is 16.4. The third-order valence-electron chi connectivity index (χ3n) is 6.28. The molecule has 1 aliphatic rings. The van der Waals surface area contributed by atoms with E-state index in [1.54, 1.807) is 18.2 Å². The van der Waals surface area contributed by atoms with E-state index in [1.807, 2.05) is 14.1 Å². The molecule has 3 rings (SSSR count). The van der Waals surface area contributed by atoms with Crippen LogP contribution in [-0.2, 0) is 15.8 Å². The Labute approximate surface area is 254 Å². The Kier molecular flexibility index (Phi) is 13.1. The van der Waals surface area contributed by atoms with Gasteiger partial charge in [0.1, 0.15) is 17.3 Å². The normalized spacial score (nSPS) is 16.1. The Balaban J connectivity index is 0.00000560. The number of aliphatic hydroxyl groups excluding tert-OH is 1. The molecule has 1 amide bonds. The summed E-state index contributed by atoms with van der Waals surface area (Å²) in [4.78, 5) is 38.8. The number of nitriles is 1. The van der Waals surface area contributed by atoms with E-state index in [4.69, 9.17) is 3.07 Å². The third kappa shape index (κ3) is 8.50. The van der Waals surface area contributed by atoms with Crippen molar-refractivity contribution in [1.82, 2.24) is 14.5 Å². The molecule has 0 bridgehead atoms. The Hall–Kier alpha value is -2.01. The zero-order valence-corrected chi connectivity index (χ0v) is 26.4. The van der Waals surface area contributed by atoms with Gasteiger partial charge in [-0.15, -0.1) is 0 Å². The van der Waals surface area contributed by atoms with E-state index in [2.05, 4.69) is 11.4 Å². The van der Waals surface area contributed by atoms with Crippen LogP contribution < -0.4 is 45.4 Å². The predicted octanol–water partition coefficient (Wildman–Crippen LogP) is -1.04. The van der Waals surface area contributed by atoms with Crippen molar-refractivity contribution in [2.24, 2.45) is 0 Å². The summed E-state index contributed by atoms with van der Waals surface area (Å²) in [5, 5.41) is 21.4. The SMILES string of the molecule is C[NH+](C)c1ccc(C(=O)NCCCCCCn2c(=O)c(C(F)(F)F)cn([C@H]3CCI(CO)O3)c2=O)cc1C#N.[I-]. The molecule has 1 aromatic carbocycles. The number of aromatic nitrogens is 2. The van der Waals surface area contributed by atoms with Gasteiger partial charge in [0.15, 0.2) is 0 Å². The fraction of sp³-hybridized carbons (Fsp3) is 0.520. The van der Waals surface area contributed by atoms with Crippen LogP contribution in [0.25, 0.3) is 0 Å². The Morgan fingerprint density at radius 3 is 2.55 bits per heavy atom. The number of hydrogen-bond acceptors (Lipinski definition) is 6. The molecule has 1 saturated heterocycles. The van der Waals surface area contributed by atoms with Gasteiger partial charge in [-0.25, -0.2) is 0 Å². The van der Waals surface area contributed by atoms with Crippen LogP contribution >= 0.6 is 20.2 Å². The van der Waals surface area contributed by atoms with E-state index < -0.39 is 49.5 Å². The third-order valence-corrected chi connectivity index (χ3v) is 10.2. The maximum absolute atomic E-state index is 13.5. The van der Waals surface area contributed by atoms with Crippen molar-refractivity contribution in [2.75, 3.05) is 29.7 Å². The fourth-order valence-corrected chi connectivity index (χ4v) is 7.52. The molecule has 3 N–H and O–H groups in total. The van der Waals surface area contributed by atoms with Crippen molar-refractivity contribution >= 4 is 31.8 Å². The number of aliphatic hydroxyl groups is 1. The number of nitrogens with one attached hydrogen (secondary N) is 2. The minimum absolute atomic E-state index is 0. The zero-order chi connectivity index (χ0) is 28.7. The quantitative estimate of drug-likeness (QED) is 0.152. The Bertz CT molecular complexity index is 1340. The smallest absolute Gasteiger partial charge is 0.114 e. The largest absolute Gasteiger partial charge is 1.00 e. The first-order chi connectivity index (χ1) is 18.5. The number of quaternary nitrogens is 1. The number of amides is 1. The van der Waals surface area contributed by atoms with E-state index in [-0.39, 0.29) is 41.0 Å². The van der Waals surface area contributed by atoms with E-state index in [1.165, 1.54) is 0 Å². The number of rotatable bonds is 11. The Morgan fingerprint density at radius 1 is 1.25 bits per heavy atom. The van der Waals surface area contributed by atoms with Gasteiger partial charge in [0, 0.05) is 11.6 Å². The van der Waals surface area contributed by atoms with Gasteiger partial charge in [-0.3, -0.25) is 4.79 Å². The second-order valence-electron chi connectivity index (χ2n) is 9.28. The number of halogens is 5. The van der Waals surface area contributed by atoms with Gasteiger partial charge in [0.2, 0.25) is 0 Å². The number of nitrogens with zero attached hydrogens (tertiary/aromatic N) is 3. The summed E-state index contributed by atoms with van der Waals surface area (Å²) >= 11 is -2.17. The number of benzene rings is 1. The number of carbonyl (C=O) groups is 1. The summed E-state index contributed by atoms with van der Waals surface area (Å²) in [6, 6.07) is 7.02. The molecule has 2 heterocycles. The van der Waals surface area contributed by atoms with Crippen molar-refractivity contribution in [2.45, 2.75) is 51.1 Å². The molecule has 0 aliphatic carbocycles. The van der Waals surface area contributed by atoms with Crippen molar-refractivity contribution in [3.63, 3.8) is 0 Å². The standard InChI is InChI=1S/C25H31F3IN5O5.HI/c1-32(2)20-8-7-17(13-18(20)14-30)22(36)31-11-5-3-4-6-12-33-23(37)19(25(26,27)28)15-34(24(33)38)21-9-10-29(16-35)39-21;/h7-8,13,15,21,35H,3-6,9-12,16H2,1-2H3,(H,31,36);1H/t21-;/m1./s1. The van der Waals surface area contributed by atoms with Crippen molar-refractivity contribution in [3.05, 3.63) is 61.9 Å². The number of carbonyl (C=O) groups excluding carboxylic acids is 1. The number of hydrogen-bond donors (Lipinski definition) is 3. The summed E-state index contributed by atoms with van der Waals surface area (Å²) in [5.74, 6) is -0.316. The van der Waals surface area contributed by atoms with Gasteiger partial charge in [-0.2, -0.15) is 5.26 Å². The van der Waals surface area contributed by atoms with Gasteiger partial charge >= 0.3 is 155 Å². The zero-order valence-electron chi connectivity index (χ0n) is 22.1. The summed E-state index contributed by atoms with van der Waals surface area (Å²) in [6.07, 6.45) is -2.99. The maximum atomic E-state index is 13.5. The number of unbranched alkanes of at least 4 members (excludes halogenated alkanes) is 3. The summed E-state index contributed by atoms with van der Waals surface area (Å²) < 4.78 is 48.0. The van der Waals surface area contributed by atoms with Gasteiger partial charge in [0.05, 0.1) is 14.1 Å². The van der Waals surface area contributed by atoms with Crippen molar-refractivity contribution in [3.8, 4) is 6.07 Å². The van der Waals surface area contributed by atoms with E-state index in [0.717, 1.165) is 15.2 Å². The summed E-state index contributed by atoms with van der Waals surface area (Å²) in [6.45, 7) is 0.174. The molecule has 0 saturated carbocycles. The van der Waals surface area contributed by atoms with Gasteiger partial charge in [-0.1, -0.05) is 0 Å². The Morgan fingerprint density at radius 2 is 1.95 bits per heavy atom. The molecule has 1 atom stereocenters. The summed E-state index contributed by atoms with van der Waals surface area (Å²) in [7, 11) is 3.77. The van der Waals surface area contributed by atoms with Crippen molar-refractivity contribution < 1.29 is 55.0 Å². The van der Waals surface area contributed by atoms with Crippen LogP contribution in [-0.4, -0.2) is 49.8 Å². The van der Waals surface area contributed by atoms with Crippen LogP contribution in [0, 0.1) is 11.3 Å². The minimum atomic E-state index is -4.93. The van der Waals surface area contributed by atoms with E-state index in [9.17, 15) is 37.9 Å². The van der Waals surface area contributed by atoms with Crippen LogP contribution in [0.3, 0.4) is 0 Å². The molecule has 1 aromatic heterocycles. The van der Waals surface area contributed by atoms with Crippen LogP contribution in [0.4, 0.5) is 18.9 Å². The molecule has 222 valence electrons. The predicted molar refractivity (Wildman–Crippen MR) is 145 cm³/mol. The number of alkyl halides is 5. The molecule has 40 heavy (non-hydrogen) atoms. The average Bonchev–Trinajstić information content (AvgIpc) is 3.37. The van der Waals surface area contributed by atoms with Crippen LogP contribution in [0.1, 0.15) is 59.8 Å². The topological polar surface area (TPSA) is 131 Å². The van der Waals surface area contributed by atoms with Crippen LogP contribution in [0.5, 0.6) is 0 Å². The molecule has 10 nitrogen and oxygen atoms in total. The van der Waals surface area contributed by atoms with Crippen LogP contribution in [0.15, 0.2) is 34.0 Å². The molecule has 0 unspecified atom stereocenters.